The summed E-state index contributed by atoms with van der Waals surface area (Å²) >= 11 is 0. The molecule has 1 atom stereocenters. The maximum atomic E-state index is 12.6. The number of carbonyl (C=O) groups excluding carboxylic acids is 1. The predicted molar refractivity (Wildman–Crippen MR) is 124 cm³/mol. The number of carbonyl (C=O) groups is 1. The van der Waals surface area contributed by atoms with Crippen molar-refractivity contribution in [2.45, 2.75) is 33.1 Å². The third-order valence-corrected chi connectivity index (χ3v) is 5.62. The van der Waals surface area contributed by atoms with E-state index in [-0.39, 0.29) is 11.6 Å². The Morgan fingerprint density at radius 2 is 1.97 bits per heavy atom. The Labute approximate surface area is 185 Å². The molecule has 7 nitrogen and oxygen atoms in total. The molecule has 1 aromatic heterocycles. The van der Waals surface area contributed by atoms with Gasteiger partial charge in [-0.3, -0.25) is 14.9 Å². The number of nitrogens with one attached hydrogen (secondary N) is 1. The Morgan fingerprint density at radius 1 is 1.16 bits per heavy atom. The van der Waals surface area contributed by atoms with E-state index in [1.807, 2.05) is 18.2 Å². The standard InChI is InChI=1S/C25H23N3O4/c1-4-15(2)17-9-11-23-21(14-17)27-25(32-23)19-6-5-7-20(13-19)26-24(29)18-8-10-22(28(30)31)16(3)12-18/h5-15H,4H2,1-3H3,(H,26,29). The molecule has 1 unspecified atom stereocenters. The number of oxazole rings is 1. The van der Waals surface area contributed by atoms with Gasteiger partial charge in [0.05, 0.1) is 4.92 Å². The molecule has 0 saturated carbocycles. The fourth-order valence-corrected chi connectivity index (χ4v) is 3.54. The summed E-state index contributed by atoms with van der Waals surface area (Å²) < 4.78 is 5.93. The van der Waals surface area contributed by atoms with Crippen molar-refractivity contribution in [1.82, 2.24) is 4.98 Å². The molecule has 3 aromatic carbocycles. The molecule has 1 N–H and O–H groups in total. The second-order valence-electron chi connectivity index (χ2n) is 7.85. The van der Waals surface area contributed by atoms with Gasteiger partial charge >= 0.3 is 0 Å². The molecule has 32 heavy (non-hydrogen) atoms. The van der Waals surface area contributed by atoms with Crippen LogP contribution >= 0.6 is 0 Å². The van der Waals surface area contributed by atoms with Crippen LogP contribution in [0.15, 0.2) is 65.1 Å². The lowest BCUT2D eigenvalue weighted by Gasteiger charge is -2.07. The van der Waals surface area contributed by atoms with E-state index in [9.17, 15) is 14.9 Å². The van der Waals surface area contributed by atoms with Crippen LogP contribution in [0.25, 0.3) is 22.6 Å². The van der Waals surface area contributed by atoms with Crippen LogP contribution in [0.2, 0.25) is 0 Å². The Hall–Kier alpha value is -4.00. The van der Waals surface area contributed by atoms with Gasteiger partial charge in [0.15, 0.2) is 5.58 Å². The highest BCUT2D eigenvalue weighted by atomic mass is 16.6. The molecule has 1 amide bonds. The van der Waals surface area contributed by atoms with Gasteiger partial charge in [-0.1, -0.05) is 26.0 Å². The highest BCUT2D eigenvalue weighted by Gasteiger charge is 2.15. The average molecular weight is 429 g/mol. The molecule has 4 aromatic rings. The number of hydrogen-bond acceptors (Lipinski definition) is 5. The molecule has 162 valence electrons. The zero-order valence-corrected chi connectivity index (χ0v) is 18.1. The number of amides is 1. The highest BCUT2D eigenvalue weighted by molar-refractivity contribution is 6.04. The Morgan fingerprint density at radius 3 is 2.69 bits per heavy atom. The van der Waals surface area contributed by atoms with Gasteiger partial charge in [-0.05, 0) is 67.3 Å². The van der Waals surface area contributed by atoms with Crippen LogP contribution in [0.1, 0.15) is 47.7 Å². The maximum absolute atomic E-state index is 12.6. The molecule has 0 radical (unpaired) electrons. The lowest BCUT2D eigenvalue weighted by molar-refractivity contribution is -0.385. The van der Waals surface area contributed by atoms with Crippen LogP contribution in [0.5, 0.6) is 0 Å². The number of aryl methyl sites for hydroxylation is 1. The minimum Gasteiger partial charge on any atom is -0.436 e. The van der Waals surface area contributed by atoms with Crippen molar-refractivity contribution in [3.8, 4) is 11.5 Å². The van der Waals surface area contributed by atoms with E-state index in [4.69, 9.17) is 4.42 Å². The number of rotatable bonds is 6. The summed E-state index contributed by atoms with van der Waals surface area (Å²) in [7, 11) is 0. The molecule has 0 aliphatic heterocycles. The molecule has 0 aliphatic rings. The third-order valence-electron chi connectivity index (χ3n) is 5.62. The summed E-state index contributed by atoms with van der Waals surface area (Å²) in [5.74, 6) is 0.570. The van der Waals surface area contributed by atoms with Crippen molar-refractivity contribution in [3.05, 3.63) is 87.5 Å². The number of nitrogens with zero attached hydrogens (tertiary/aromatic N) is 2. The van der Waals surface area contributed by atoms with E-state index in [0.717, 1.165) is 17.5 Å². The number of anilines is 1. The van der Waals surface area contributed by atoms with Gasteiger partial charge in [0.25, 0.3) is 11.6 Å². The third kappa shape index (κ3) is 4.23. The quantitative estimate of drug-likeness (QED) is 0.279. The van der Waals surface area contributed by atoms with Gasteiger partial charge in [0.2, 0.25) is 5.89 Å². The van der Waals surface area contributed by atoms with Crippen molar-refractivity contribution in [3.63, 3.8) is 0 Å². The normalized spacial score (nSPS) is 12.0. The van der Waals surface area contributed by atoms with Crippen LogP contribution in [-0.4, -0.2) is 15.8 Å². The molecule has 7 heteroatoms. The number of fused-ring (bicyclic) bond motifs is 1. The summed E-state index contributed by atoms with van der Waals surface area (Å²) in [5.41, 5.74) is 4.80. The summed E-state index contributed by atoms with van der Waals surface area (Å²) in [5, 5.41) is 13.8. The Balaban J connectivity index is 1.58. The summed E-state index contributed by atoms with van der Waals surface area (Å²) in [6.07, 6.45) is 1.05. The van der Waals surface area contributed by atoms with Crippen molar-refractivity contribution < 1.29 is 14.1 Å². The van der Waals surface area contributed by atoms with E-state index >= 15 is 0 Å². The maximum Gasteiger partial charge on any atom is 0.272 e. The fraction of sp³-hybridized carbons (Fsp3) is 0.200. The van der Waals surface area contributed by atoms with Crippen LogP contribution in [0, 0.1) is 17.0 Å². The predicted octanol–water partition coefficient (Wildman–Crippen LogP) is 6.48. The van der Waals surface area contributed by atoms with Gasteiger partial charge in [-0.25, -0.2) is 4.98 Å². The number of hydrogen-bond donors (Lipinski definition) is 1. The van der Waals surface area contributed by atoms with Gasteiger partial charge in [0.1, 0.15) is 5.52 Å². The molecule has 0 spiro atoms. The average Bonchev–Trinajstić information content (AvgIpc) is 3.22. The van der Waals surface area contributed by atoms with E-state index < -0.39 is 4.92 Å². The largest absolute Gasteiger partial charge is 0.436 e. The topological polar surface area (TPSA) is 98.3 Å². The molecular formula is C25H23N3O4. The van der Waals surface area contributed by atoms with Crippen LogP contribution in [-0.2, 0) is 0 Å². The minimum absolute atomic E-state index is 0.0176. The monoisotopic (exact) mass is 429 g/mol. The van der Waals surface area contributed by atoms with Crippen molar-refractivity contribution in [2.24, 2.45) is 0 Å². The van der Waals surface area contributed by atoms with Crippen LogP contribution < -0.4 is 5.32 Å². The SMILES string of the molecule is CCC(C)c1ccc2oc(-c3cccc(NC(=O)c4ccc([N+](=O)[O-])c(C)c4)c3)nc2c1. The molecule has 0 bridgehead atoms. The zero-order valence-electron chi connectivity index (χ0n) is 18.1. The Bertz CT molecular complexity index is 1330. The molecule has 4 rings (SSSR count). The molecule has 0 fully saturated rings. The van der Waals surface area contributed by atoms with Crippen LogP contribution in [0.4, 0.5) is 11.4 Å². The second kappa shape index (κ2) is 8.63. The van der Waals surface area contributed by atoms with Gasteiger partial charge in [-0.2, -0.15) is 0 Å². The van der Waals surface area contributed by atoms with E-state index in [2.05, 4.69) is 36.3 Å². The first-order valence-corrected chi connectivity index (χ1v) is 10.4. The number of nitro groups is 1. The molecule has 0 saturated heterocycles. The van der Waals surface area contributed by atoms with Crippen molar-refractivity contribution >= 4 is 28.4 Å². The summed E-state index contributed by atoms with van der Waals surface area (Å²) in [4.78, 5) is 27.8. The molecule has 1 heterocycles. The minimum atomic E-state index is -0.466. The zero-order chi connectivity index (χ0) is 22.8. The van der Waals surface area contributed by atoms with Crippen molar-refractivity contribution in [2.75, 3.05) is 5.32 Å². The second-order valence-corrected chi connectivity index (χ2v) is 7.85. The lowest BCUT2D eigenvalue weighted by atomic mass is 9.98. The van der Waals surface area contributed by atoms with E-state index in [1.54, 1.807) is 19.1 Å². The van der Waals surface area contributed by atoms with Gasteiger partial charge in [0, 0.05) is 28.4 Å². The smallest absolute Gasteiger partial charge is 0.272 e. The van der Waals surface area contributed by atoms with E-state index in [1.165, 1.54) is 23.8 Å². The fourth-order valence-electron chi connectivity index (χ4n) is 3.54. The summed E-state index contributed by atoms with van der Waals surface area (Å²) in [6.45, 7) is 5.94. The Kier molecular flexibility index (Phi) is 5.73. The van der Waals surface area contributed by atoms with Gasteiger partial charge in [-0.15, -0.1) is 0 Å². The van der Waals surface area contributed by atoms with Crippen molar-refractivity contribution in [1.29, 1.82) is 0 Å². The highest BCUT2D eigenvalue weighted by Crippen LogP contribution is 2.29. The van der Waals surface area contributed by atoms with E-state index in [0.29, 0.717) is 34.2 Å². The number of nitro benzene ring substituents is 1. The summed E-state index contributed by atoms with van der Waals surface area (Å²) in [6, 6.07) is 17.6. The van der Waals surface area contributed by atoms with Gasteiger partial charge < -0.3 is 9.73 Å². The first-order chi connectivity index (χ1) is 15.4. The first kappa shape index (κ1) is 21.2. The first-order valence-electron chi connectivity index (χ1n) is 10.4. The lowest BCUT2D eigenvalue weighted by Crippen LogP contribution is -2.12. The number of benzene rings is 3. The molecule has 0 aliphatic carbocycles. The van der Waals surface area contributed by atoms with Crippen LogP contribution in [0.3, 0.4) is 0 Å². The number of aromatic nitrogens is 1. The molecular weight excluding hydrogens is 406 g/mol.